The van der Waals surface area contributed by atoms with Gasteiger partial charge in [-0.3, -0.25) is 9.78 Å². The Hall–Kier alpha value is -3.81. The number of carbonyl (C=O) groups is 1. The first kappa shape index (κ1) is 21.9. The molecule has 31 heavy (non-hydrogen) atoms. The highest BCUT2D eigenvalue weighted by molar-refractivity contribution is 5.70. The number of halogens is 3. The molecule has 0 bridgehead atoms. The molecule has 2 aromatic carbocycles. The van der Waals surface area contributed by atoms with Crippen molar-refractivity contribution in [3.63, 3.8) is 0 Å². The molecule has 0 saturated heterocycles. The summed E-state index contributed by atoms with van der Waals surface area (Å²) in [7, 11) is 0. The van der Waals surface area contributed by atoms with Crippen LogP contribution in [-0.2, 0) is 17.4 Å². The van der Waals surface area contributed by atoms with Crippen LogP contribution in [0, 0.1) is 0 Å². The van der Waals surface area contributed by atoms with E-state index in [0.717, 1.165) is 12.3 Å². The van der Waals surface area contributed by atoms with Gasteiger partial charge in [-0.2, -0.15) is 13.2 Å². The average Bonchev–Trinajstić information content (AvgIpc) is 2.72. The molecule has 0 atom stereocenters. The summed E-state index contributed by atoms with van der Waals surface area (Å²) in [6.45, 7) is 0.153. The number of hydrogen-bond acceptors (Lipinski definition) is 4. The smallest absolute Gasteiger partial charge is 0.433 e. The summed E-state index contributed by atoms with van der Waals surface area (Å²) in [4.78, 5) is 14.3. The quantitative estimate of drug-likeness (QED) is 0.504. The molecular weight excluding hydrogens is 411 g/mol. The molecule has 0 saturated carbocycles. The minimum absolute atomic E-state index is 0.112. The zero-order chi connectivity index (χ0) is 22.3. The van der Waals surface area contributed by atoms with Gasteiger partial charge in [0, 0.05) is 6.20 Å². The van der Waals surface area contributed by atoms with Gasteiger partial charge in [-0.15, -0.1) is 0 Å². The summed E-state index contributed by atoms with van der Waals surface area (Å²) in [6, 6.07) is 16.0. The van der Waals surface area contributed by atoms with Gasteiger partial charge in [0.15, 0.2) is 11.5 Å². The predicted molar refractivity (Wildman–Crippen MR) is 108 cm³/mol. The number of alkyl halides is 3. The molecule has 0 fully saturated rings. The largest absolute Gasteiger partial charge is 0.486 e. The average molecular weight is 429 g/mol. The summed E-state index contributed by atoms with van der Waals surface area (Å²) < 4.78 is 49.2. The number of rotatable bonds is 8. The first-order valence-corrected chi connectivity index (χ1v) is 9.21. The normalized spacial score (nSPS) is 11.5. The van der Waals surface area contributed by atoms with Gasteiger partial charge in [0.25, 0.3) is 0 Å². The zero-order valence-electron chi connectivity index (χ0n) is 16.2. The van der Waals surface area contributed by atoms with E-state index in [1.165, 1.54) is 6.07 Å². The van der Waals surface area contributed by atoms with Crippen LogP contribution in [-0.4, -0.2) is 22.7 Å². The van der Waals surface area contributed by atoms with Crippen molar-refractivity contribution in [1.29, 1.82) is 0 Å². The van der Waals surface area contributed by atoms with Crippen LogP contribution < -0.4 is 9.47 Å². The number of nitrogens with zero attached hydrogens (tertiary/aromatic N) is 1. The number of hydrogen-bond donors (Lipinski definition) is 1. The van der Waals surface area contributed by atoms with Gasteiger partial charge in [0.2, 0.25) is 0 Å². The van der Waals surface area contributed by atoms with E-state index >= 15 is 0 Å². The lowest BCUT2D eigenvalue weighted by Crippen LogP contribution is -2.07. The Morgan fingerprint density at radius 1 is 1.03 bits per heavy atom. The number of ether oxygens (including phenoxy) is 2. The van der Waals surface area contributed by atoms with E-state index in [-0.39, 0.29) is 13.0 Å². The highest BCUT2D eigenvalue weighted by atomic mass is 19.4. The predicted octanol–water partition coefficient (Wildman–Crippen LogP) is 5.61. The fourth-order valence-corrected chi connectivity index (χ4v) is 2.67. The van der Waals surface area contributed by atoms with Crippen LogP contribution >= 0.6 is 0 Å². The summed E-state index contributed by atoms with van der Waals surface area (Å²) >= 11 is 0. The Morgan fingerprint density at radius 3 is 2.48 bits per heavy atom. The SMILES string of the molecule is O=C(O)Cc1cccc(Oc2ccccc2OC/C=C/c2ccc(C(F)(F)F)nc2)c1. The zero-order valence-corrected chi connectivity index (χ0v) is 16.2. The molecule has 0 aliphatic heterocycles. The van der Waals surface area contributed by atoms with Crippen molar-refractivity contribution >= 4 is 12.0 Å². The van der Waals surface area contributed by atoms with Crippen LogP contribution in [0.25, 0.3) is 6.08 Å². The van der Waals surface area contributed by atoms with Crippen molar-refractivity contribution in [2.45, 2.75) is 12.6 Å². The number of carboxylic acid groups (broad SMARTS) is 1. The molecule has 3 rings (SSSR count). The van der Waals surface area contributed by atoms with Crippen molar-refractivity contribution in [2.75, 3.05) is 6.61 Å². The van der Waals surface area contributed by atoms with E-state index in [2.05, 4.69) is 4.98 Å². The van der Waals surface area contributed by atoms with Crippen LogP contribution in [0.3, 0.4) is 0 Å². The molecule has 1 heterocycles. The molecule has 0 amide bonds. The molecule has 160 valence electrons. The van der Waals surface area contributed by atoms with Crippen LogP contribution in [0.1, 0.15) is 16.8 Å². The third-order valence-electron chi connectivity index (χ3n) is 4.05. The standard InChI is InChI=1S/C23H18F3NO4/c24-23(25,26)21-11-10-16(15-27-21)6-4-12-30-19-8-1-2-9-20(19)31-18-7-3-5-17(13-18)14-22(28)29/h1-11,13,15H,12,14H2,(H,28,29)/b6-4+. The molecule has 0 spiro atoms. The number of benzene rings is 2. The molecule has 0 aliphatic carbocycles. The fraction of sp³-hybridized carbons (Fsp3) is 0.130. The third kappa shape index (κ3) is 6.60. The second-order valence-corrected chi connectivity index (χ2v) is 6.45. The minimum atomic E-state index is -4.47. The first-order valence-electron chi connectivity index (χ1n) is 9.21. The van der Waals surface area contributed by atoms with E-state index in [4.69, 9.17) is 14.6 Å². The van der Waals surface area contributed by atoms with Gasteiger partial charge in [-0.1, -0.05) is 36.4 Å². The molecule has 8 heteroatoms. The Bertz CT molecular complexity index is 1060. The van der Waals surface area contributed by atoms with Gasteiger partial charge in [-0.25, -0.2) is 0 Å². The Morgan fingerprint density at radius 2 is 1.81 bits per heavy atom. The Kier molecular flexibility index (Phi) is 6.92. The first-order chi connectivity index (χ1) is 14.8. The van der Waals surface area contributed by atoms with Gasteiger partial charge in [0.1, 0.15) is 18.1 Å². The van der Waals surface area contributed by atoms with Gasteiger partial charge >= 0.3 is 12.1 Å². The van der Waals surface area contributed by atoms with Gasteiger partial charge < -0.3 is 14.6 Å². The second-order valence-electron chi connectivity index (χ2n) is 6.45. The maximum Gasteiger partial charge on any atom is 0.433 e. The van der Waals surface area contributed by atoms with E-state index in [1.54, 1.807) is 60.7 Å². The maximum absolute atomic E-state index is 12.5. The molecule has 1 aromatic heterocycles. The highest BCUT2D eigenvalue weighted by Crippen LogP contribution is 2.32. The third-order valence-corrected chi connectivity index (χ3v) is 4.05. The number of pyridine rings is 1. The van der Waals surface area contributed by atoms with Crippen molar-refractivity contribution in [2.24, 2.45) is 0 Å². The van der Waals surface area contributed by atoms with E-state index in [0.29, 0.717) is 28.4 Å². The monoisotopic (exact) mass is 429 g/mol. The van der Waals surface area contributed by atoms with Crippen LogP contribution in [0.2, 0.25) is 0 Å². The molecule has 0 radical (unpaired) electrons. The highest BCUT2D eigenvalue weighted by Gasteiger charge is 2.31. The summed E-state index contributed by atoms with van der Waals surface area (Å²) in [5, 5.41) is 8.92. The van der Waals surface area contributed by atoms with Crippen molar-refractivity contribution < 1.29 is 32.5 Å². The molecule has 0 unspecified atom stereocenters. The lowest BCUT2D eigenvalue weighted by atomic mass is 10.1. The Labute approximate surface area is 176 Å². The van der Waals surface area contributed by atoms with Gasteiger partial charge in [-0.05, 0) is 47.5 Å². The molecule has 5 nitrogen and oxygen atoms in total. The lowest BCUT2D eigenvalue weighted by Gasteiger charge is -2.12. The number of aromatic nitrogens is 1. The molecule has 0 aliphatic rings. The second kappa shape index (κ2) is 9.80. The van der Waals surface area contributed by atoms with Crippen molar-refractivity contribution in [3.05, 3.63) is 89.8 Å². The van der Waals surface area contributed by atoms with Crippen molar-refractivity contribution in [3.8, 4) is 17.2 Å². The summed E-state index contributed by atoms with van der Waals surface area (Å²) in [6.07, 6.45) is -0.192. The topological polar surface area (TPSA) is 68.7 Å². The summed E-state index contributed by atoms with van der Waals surface area (Å²) in [5.41, 5.74) is 0.173. The Balaban J connectivity index is 1.62. The molecular formula is C23H18F3NO4. The maximum atomic E-state index is 12.5. The van der Waals surface area contributed by atoms with Crippen LogP contribution in [0.4, 0.5) is 13.2 Å². The number of para-hydroxylation sites is 2. The van der Waals surface area contributed by atoms with E-state index in [1.807, 2.05) is 0 Å². The fourth-order valence-electron chi connectivity index (χ4n) is 2.67. The van der Waals surface area contributed by atoms with Crippen molar-refractivity contribution in [1.82, 2.24) is 4.98 Å². The van der Waals surface area contributed by atoms with E-state index in [9.17, 15) is 18.0 Å². The van der Waals surface area contributed by atoms with Crippen LogP contribution in [0.5, 0.6) is 17.2 Å². The van der Waals surface area contributed by atoms with Gasteiger partial charge in [0.05, 0.1) is 6.42 Å². The number of carboxylic acids is 1. The molecule has 3 aromatic rings. The van der Waals surface area contributed by atoms with Crippen LogP contribution in [0.15, 0.2) is 72.9 Å². The summed E-state index contributed by atoms with van der Waals surface area (Å²) in [5.74, 6) is 0.443. The number of aliphatic carboxylic acids is 1. The minimum Gasteiger partial charge on any atom is -0.486 e. The lowest BCUT2D eigenvalue weighted by molar-refractivity contribution is -0.141. The molecule has 1 N–H and O–H groups in total. The van der Waals surface area contributed by atoms with E-state index < -0.39 is 17.8 Å².